The molecular weight excluding hydrogens is 362 g/mol. The van der Waals surface area contributed by atoms with Gasteiger partial charge in [0.2, 0.25) is 5.91 Å². The van der Waals surface area contributed by atoms with Crippen molar-refractivity contribution in [2.45, 2.75) is 31.8 Å². The van der Waals surface area contributed by atoms with Crippen molar-refractivity contribution in [2.24, 2.45) is 0 Å². The van der Waals surface area contributed by atoms with Crippen molar-refractivity contribution < 1.29 is 9.53 Å². The smallest absolute Gasteiger partial charge is 0.221 e. The van der Waals surface area contributed by atoms with Crippen LogP contribution in [-0.4, -0.2) is 27.0 Å². The van der Waals surface area contributed by atoms with Crippen LogP contribution in [0.25, 0.3) is 0 Å². The molecule has 27 heavy (non-hydrogen) atoms. The lowest BCUT2D eigenvalue weighted by Gasteiger charge is -2.18. The lowest BCUT2D eigenvalue weighted by Crippen LogP contribution is -2.21. The number of thiazole rings is 1. The number of hydrogen-bond acceptors (Lipinski definition) is 6. The van der Waals surface area contributed by atoms with Gasteiger partial charge in [-0.2, -0.15) is 0 Å². The fraction of sp³-hybridized carbons (Fsp3) is 0.316. The molecule has 1 amide bonds. The third-order valence-corrected chi connectivity index (χ3v) is 5.62. The second-order valence-electron chi connectivity index (χ2n) is 6.44. The molecule has 1 aliphatic rings. The SMILES string of the molecule is Nc1nc2c(s1)[C@H](c1ccccc1OCCCn1ccnc1)CC(=O)NC2. The van der Waals surface area contributed by atoms with Gasteiger partial charge in [-0.3, -0.25) is 4.79 Å². The summed E-state index contributed by atoms with van der Waals surface area (Å²) in [4.78, 5) is 21.7. The van der Waals surface area contributed by atoms with E-state index in [4.69, 9.17) is 10.5 Å². The Kier molecular flexibility index (Phi) is 5.06. The molecule has 0 radical (unpaired) electrons. The number of nitrogens with zero attached hydrogens (tertiary/aromatic N) is 3. The maximum absolute atomic E-state index is 12.2. The maximum atomic E-state index is 12.2. The first kappa shape index (κ1) is 17.5. The number of hydrogen-bond donors (Lipinski definition) is 2. The summed E-state index contributed by atoms with van der Waals surface area (Å²) in [5.74, 6) is 0.724. The number of para-hydroxylation sites is 1. The molecule has 0 saturated heterocycles. The molecule has 7 nitrogen and oxygen atoms in total. The Labute approximate surface area is 161 Å². The summed E-state index contributed by atoms with van der Waals surface area (Å²) in [7, 11) is 0. The van der Waals surface area contributed by atoms with E-state index in [9.17, 15) is 4.79 Å². The molecule has 0 spiro atoms. The number of imidazole rings is 1. The fourth-order valence-electron chi connectivity index (χ4n) is 3.31. The van der Waals surface area contributed by atoms with E-state index >= 15 is 0 Å². The Hall–Kier alpha value is -2.87. The predicted molar refractivity (Wildman–Crippen MR) is 104 cm³/mol. The van der Waals surface area contributed by atoms with Gasteiger partial charge >= 0.3 is 0 Å². The average Bonchev–Trinajstić information content (AvgIpc) is 3.28. The summed E-state index contributed by atoms with van der Waals surface area (Å²) >= 11 is 1.45. The minimum Gasteiger partial charge on any atom is -0.493 e. The van der Waals surface area contributed by atoms with Crippen LogP contribution in [0.4, 0.5) is 5.13 Å². The first-order valence-electron chi connectivity index (χ1n) is 8.90. The van der Waals surface area contributed by atoms with Crippen LogP contribution in [0.5, 0.6) is 5.75 Å². The highest BCUT2D eigenvalue weighted by atomic mass is 32.1. The molecular formula is C19H21N5O2S. The van der Waals surface area contributed by atoms with Crippen LogP contribution < -0.4 is 15.8 Å². The van der Waals surface area contributed by atoms with Crippen molar-refractivity contribution in [2.75, 3.05) is 12.3 Å². The topological polar surface area (TPSA) is 95.1 Å². The van der Waals surface area contributed by atoms with Gasteiger partial charge in [-0.15, -0.1) is 11.3 Å². The largest absolute Gasteiger partial charge is 0.493 e. The van der Waals surface area contributed by atoms with Gasteiger partial charge in [0, 0.05) is 41.7 Å². The van der Waals surface area contributed by atoms with Crippen molar-refractivity contribution >= 4 is 22.4 Å². The van der Waals surface area contributed by atoms with E-state index in [1.54, 1.807) is 12.5 Å². The number of fused-ring (bicyclic) bond motifs is 1. The number of benzene rings is 1. The minimum absolute atomic E-state index is 0.0127. The van der Waals surface area contributed by atoms with Crippen LogP contribution in [0, 0.1) is 0 Å². The molecule has 2 aromatic heterocycles. The van der Waals surface area contributed by atoms with Gasteiger partial charge in [0.05, 0.1) is 25.2 Å². The Morgan fingerprint density at radius 1 is 1.37 bits per heavy atom. The van der Waals surface area contributed by atoms with Gasteiger partial charge in [-0.05, 0) is 12.5 Å². The Morgan fingerprint density at radius 3 is 3.11 bits per heavy atom. The highest BCUT2D eigenvalue weighted by molar-refractivity contribution is 7.15. The number of nitrogens with one attached hydrogen (secondary N) is 1. The lowest BCUT2D eigenvalue weighted by molar-refractivity contribution is -0.121. The highest BCUT2D eigenvalue weighted by Crippen LogP contribution is 2.40. The normalized spacial score (nSPS) is 16.4. The third-order valence-electron chi connectivity index (χ3n) is 4.57. The number of nitrogens with two attached hydrogens (primary N) is 1. The summed E-state index contributed by atoms with van der Waals surface area (Å²) in [5, 5.41) is 3.43. The Morgan fingerprint density at radius 2 is 2.26 bits per heavy atom. The molecule has 3 N–H and O–H groups in total. The number of ether oxygens (including phenoxy) is 1. The molecule has 140 valence electrons. The molecule has 1 atom stereocenters. The van der Waals surface area contributed by atoms with Crippen LogP contribution in [0.3, 0.4) is 0 Å². The molecule has 8 heteroatoms. The number of aryl methyl sites for hydroxylation is 1. The monoisotopic (exact) mass is 383 g/mol. The van der Waals surface area contributed by atoms with Crippen LogP contribution in [0.15, 0.2) is 43.0 Å². The van der Waals surface area contributed by atoms with E-state index in [1.807, 2.05) is 35.0 Å². The minimum atomic E-state index is -0.0952. The Balaban J connectivity index is 1.53. The van der Waals surface area contributed by atoms with Gasteiger partial charge in [0.25, 0.3) is 0 Å². The average molecular weight is 383 g/mol. The van der Waals surface area contributed by atoms with Crippen LogP contribution in [-0.2, 0) is 17.9 Å². The molecule has 0 bridgehead atoms. The molecule has 3 aromatic rings. The van der Waals surface area contributed by atoms with E-state index in [0.717, 1.165) is 34.8 Å². The zero-order valence-electron chi connectivity index (χ0n) is 14.8. The first-order chi connectivity index (χ1) is 13.2. The van der Waals surface area contributed by atoms with Gasteiger partial charge in [-0.1, -0.05) is 18.2 Å². The number of amides is 1. The summed E-state index contributed by atoms with van der Waals surface area (Å²) in [6, 6.07) is 7.90. The van der Waals surface area contributed by atoms with Crippen LogP contribution >= 0.6 is 11.3 Å². The second-order valence-corrected chi connectivity index (χ2v) is 7.50. The van der Waals surface area contributed by atoms with Crippen LogP contribution in [0.1, 0.15) is 34.9 Å². The van der Waals surface area contributed by atoms with Crippen molar-refractivity contribution in [1.29, 1.82) is 0 Å². The van der Waals surface area contributed by atoms with E-state index in [1.165, 1.54) is 11.3 Å². The molecule has 0 aliphatic carbocycles. The summed E-state index contributed by atoms with van der Waals surface area (Å²) in [6.45, 7) is 1.86. The zero-order valence-corrected chi connectivity index (χ0v) is 15.6. The number of rotatable bonds is 6. The van der Waals surface area contributed by atoms with E-state index < -0.39 is 0 Å². The predicted octanol–water partition coefficient (Wildman–Crippen LogP) is 2.54. The van der Waals surface area contributed by atoms with Crippen molar-refractivity contribution in [3.05, 3.63) is 59.1 Å². The number of nitrogen functional groups attached to an aromatic ring is 1. The molecule has 3 heterocycles. The molecule has 1 aromatic carbocycles. The molecule has 1 aliphatic heterocycles. The fourth-order valence-corrected chi connectivity index (χ4v) is 4.28. The van der Waals surface area contributed by atoms with Gasteiger partial charge in [-0.25, -0.2) is 9.97 Å². The van der Waals surface area contributed by atoms with E-state index in [0.29, 0.717) is 24.7 Å². The molecule has 0 fully saturated rings. The summed E-state index contributed by atoms with van der Waals surface area (Å²) < 4.78 is 8.10. The quantitative estimate of drug-likeness (QED) is 0.638. The number of aromatic nitrogens is 3. The lowest BCUT2D eigenvalue weighted by atomic mass is 9.92. The zero-order chi connectivity index (χ0) is 18.6. The standard InChI is InChI=1S/C19H21N5O2S/c20-19-23-15-11-22-17(25)10-14(18(15)27-19)13-4-1-2-5-16(13)26-9-3-7-24-8-6-21-12-24/h1-2,4-6,8,12,14H,3,7,9-11H2,(H2,20,23)(H,22,25)/t14-/m0/s1. The maximum Gasteiger partial charge on any atom is 0.221 e. The van der Waals surface area contributed by atoms with Crippen molar-refractivity contribution in [3.63, 3.8) is 0 Å². The van der Waals surface area contributed by atoms with Crippen molar-refractivity contribution in [1.82, 2.24) is 19.9 Å². The summed E-state index contributed by atoms with van der Waals surface area (Å²) in [5.41, 5.74) is 7.78. The van der Waals surface area contributed by atoms with Gasteiger partial charge < -0.3 is 20.4 Å². The van der Waals surface area contributed by atoms with Gasteiger partial charge in [0.1, 0.15) is 5.75 Å². The second kappa shape index (κ2) is 7.79. The molecule has 0 unspecified atom stereocenters. The first-order valence-corrected chi connectivity index (χ1v) is 9.71. The number of carbonyl (C=O) groups excluding carboxylic acids is 1. The molecule has 0 saturated carbocycles. The van der Waals surface area contributed by atoms with Crippen molar-refractivity contribution in [3.8, 4) is 5.75 Å². The number of anilines is 1. The number of carbonyl (C=O) groups is 1. The van der Waals surface area contributed by atoms with Gasteiger partial charge in [0.15, 0.2) is 5.13 Å². The Bertz CT molecular complexity index is 922. The van der Waals surface area contributed by atoms with Crippen LogP contribution in [0.2, 0.25) is 0 Å². The van der Waals surface area contributed by atoms with E-state index in [-0.39, 0.29) is 11.8 Å². The highest BCUT2D eigenvalue weighted by Gasteiger charge is 2.29. The van der Waals surface area contributed by atoms with E-state index in [2.05, 4.69) is 15.3 Å². The molecule has 4 rings (SSSR count). The summed E-state index contributed by atoms with van der Waals surface area (Å²) in [6.07, 6.45) is 6.74. The third kappa shape index (κ3) is 3.95.